The molecule has 2 aromatic rings. The zero-order valence-electron chi connectivity index (χ0n) is 10.3. The Labute approximate surface area is 140 Å². The number of hydrogen-bond acceptors (Lipinski definition) is 3. The first-order valence-corrected chi connectivity index (χ1v) is 9.32. The van der Waals surface area contributed by atoms with Crippen molar-refractivity contribution in [3.05, 3.63) is 49.7 Å². The van der Waals surface area contributed by atoms with Gasteiger partial charge in [0.05, 0.1) is 0 Å². The van der Waals surface area contributed by atoms with Gasteiger partial charge in [-0.2, -0.15) is 4.31 Å². The highest BCUT2D eigenvalue weighted by Gasteiger charge is 2.24. The van der Waals surface area contributed by atoms with Crippen LogP contribution in [0.1, 0.15) is 5.56 Å². The molecule has 0 aliphatic rings. The summed E-state index contributed by atoms with van der Waals surface area (Å²) >= 11 is 16.2. The third kappa shape index (κ3) is 3.55. The lowest BCUT2D eigenvalue weighted by Crippen LogP contribution is -2.26. The van der Waals surface area contributed by atoms with E-state index in [1.807, 2.05) is 0 Å². The lowest BCUT2D eigenvalue weighted by atomic mass is 10.2. The van der Waals surface area contributed by atoms with Crippen molar-refractivity contribution in [1.82, 2.24) is 4.31 Å². The van der Waals surface area contributed by atoms with Gasteiger partial charge in [-0.05, 0) is 51.1 Å². The van der Waals surface area contributed by atoms with E-state index in [0.29, 0.717) is 14.5 Å². The highest BCUT2D eigenvalue weighted by atomic mass is 79.9. The molecule has 0 aliphatic carbocycles. The Morgan fingerprint density at radius 3 is 2.35 bits per heavy atom. The van der Waals surface area contributed by atoms with Gasteiger partial charge in [0.25, 0.3) is 10.0 Å². The van der Waals surface area contributed by atoms with Gasteiger partial charge in [0, 0.05) is 28.1 Å². The maximum Gasteiger partial charge on any atom is 0.253 e. The van der Waals surface area contributed by atoms with Crippen LogP contribution in [0.4, 0.5) is 0 Å². The highest BCUT2D eigenvalue weighted by Crippen LogP contribution is 2.30. The molecule has 8 heteroatoms. The molecule has 0 fully saturated rings. The van der Waals surface area contributed by atoms with Gasteiger partial charge in [-0.15, -0.1) is 11.3 Å². The van der Waals surface area contributed by atoms with Crippen LogP contribution in [0.5, 0.6) is 0 Å². The number of halogens is 3. The lowest BCUT2D eigenvalue weighted by molar-refractivity contribution is 0.468. The van der Waals surface area contributed by atoms with Crippen molar-refractivity contribution in [1.29, 1.82) is 0 Å². The average Bonchev–Trinajstić information content (AvgIpc) is 2.74. The quantitative estimate of drug-likeness (QED) is 0.730. The second-order valence-electron chi connectivity index (χ2n) is 4.09. The summed E-state index contributed by atoms with van der Waals surface area (Å²) in [5.74, 6) is 0. The van der Waals surface area contributed by atoms with Crippen LogP contribution in [-0.4, -0.2) is 19.8 Å². The van der Waals surface area contributed by atoms with Gasteiger partial charge in [0.15, 0.2) is 0 Å². The molecule has 0 saturated heterocycles. The van der Waals surface area contributed by atoms with Gasteiger partial charge in [0.1, 0.15) is 4.21 Å². The number of thiophene rings is 1. The zero-order valence-corrected chi connectivity index (χ0v) is 15.0. The second-order valence-corrected chi connectivity index (χ2v) is 8.98. The largest absolute Gasteiger partial charge is 0.253 e. The maximum atomic E-state index is 12.4. The van der Waals surface area contributed by atoms with Gasteiger partial charge in [-0.25, -0.2) is 8.42 Å². The normalized spacial score (nSPS) is 12.1. The third-order valence-corrected chi connectivity index (χ3v) is 7.44. The summed E-state index contributed by atoms with van der Waals surface area (Å²) in [5.41, 5.74) is 0.737. The predicted octanol–water partition coefficient (Wildman–Crippen LogP) is 4.64. The first-order valence-electron chi connectivity index (χ1n) is 5.45. The zero-order chi connectivity index (χ0) is 14.9. The highest BCUT2D eigenvalue weighted by molar-refractivity contribution is 9.10. The van der Waals surface area contributed by atoms with E-state index in [-0.39, 0.29) is 10.8 Å². The fourth-order valence-electron chi connectivity index (χ4n) is 1.65. The van der Waals surface area contributed by atoms with E-state index in [1.165, 1.54) is 22.7 Å². The Morgan fingerprint density at radius 2 is 1.85 bits per heavy atom. The van der Waals surface area contributed by atoms with E-state index in [0.717, 1.165) is 5.56 Å². The SMILES string of the molecule is CN(Cc1cc(Cl)cc(Cl)c1)S(=O)(=O)c1sccc1Br. The molecule has 0 aliphatic heterocycles. The summed E-state index contributed by atoms with van der Waals surface area (Å²) < 4.78 is 27.0. The Bertz CT molecular complexity index is 711. The first kappa shape index (κ1) is 16.3. The summed E-state index contributed by atoms with van der Waals surface area (Å²) in [4.78, 5) is 0. The number of sulfonamides is 1. The predicted molar refractivity (Wildman–Crippen MR) is 87.1 cm³/mol. The molecule has 0 bridgehead atoms. The van der Waals surface area contributed by atoms with E-state index in [1.54, 1.807) is 29.6 Å². The third-order valence-electron chi connectivity index (χ3n) is 2.56. The van der Waals surface area contributed by atoms with Crippen LogP contribution >= 0.6 is 50.5 Å². The molecule has 0 radical (unpaired) electrons. The average molecular weight is 415 g/mol. The van der Waals surface area contributed by atoms with Crippen LogP contribution in [0.3, 0.4) is 0 Å². The molecule has 1 aromatic carbocycles. The maximum absolute atomic E-state index is 12.4. The second kappa shape index (κ2) is 6.34. The molecule has 0 saturated carbocycles. The van der Waals surface area contributed by atoms with Crippen LogP contribution in [0.15, 0.2) is 38.3 Å². The molecule has 20 heavy (non-hydrogen) atoms. The molecule has 0 amide bonds. The summed E-state index contributed by atoms with van der Waals surface area (Å²) in [5, 5.41) is 2.69. The Hall–Kier alpha value is -0.110. The topological polar surface area (TPSA) is 37.4 Å². The van der Waals surface area contributed by atoms with Gasteiger partial charge >= 0.3 is 0 Å². The molecule has 3 nitrogen and oxygen atoms in total. The minimum absolute atomic E-state index is 0.201. The summed E-state index contributed by atoms with van der Waals surface area (Å²) in [6.07, 6.45) is 0. The monoisotopic (exact) mass is 413 g/mol. The van der Waals surface area contributed by atoms with Gasteiger partial charge < -0.3 is 0 Å². The van der Waals surface area contributed by atoms with Crippen molar-refractivity contribution < 1.29 is 8.42 Å². The minimum atomic E-state index is -3.53. The number of rotatable bonds is 4. The van der Waals surface area contributed by atoms with E-state index in [4.69, 9.17) is 23.2 Å². The Balaban J connectivity index is 2.28. The molecule has 1 aromatic heterocycles. The van der Waals surface area contributed by atoms with Crippen molar-refractivity contribution in [3.8, 4) is 0 Å². The van der Waals surface area contributed by atoms with Crippen LogP contribution in [0.25, 0.3) is 0 Å². The molecule has 2 rings (SSSR count). The van der Waals surface area contributed by atoms with Crippen LogP contribution in [-0.2, 0) is 16.6 Å². The molecule has 0 atom stereocenters. The van der Waals surface area contributed by atoms with E-state index < -0.39 is 10.0 Å². The molecular weight excluding hydrogens is 405 g/mol. The molecule has 0 N–H and O–H groups in total. The first-order chi connectivity index (χ1) is 9.30. The van der Waals surface area contributed by atoms with Crippen molar-refractivity contribution in [2.24, 2.45) is 0 Å². The summed E-state index contributed by atoms with van der Waals surface area (Å²) in [7, 11) is -2.01. The fourth-order valence-corrected chi connectivity index (χ4v) is 5.88. The fraction of sp³-hybridized carbons (Fsp3) is 0.167. The summed E-state index contributed by atoms with van der Waals surface area (Å²) in [6, 6.07) is 6.71. The lowest BCUT2D eigenvalue weighted by Gasteiger charge is -2.17. The van der Waals surface area contributed by atoms with E-state index in [9.17, 15) is 8.42 Å². The number of nitrogens with zero attached hydrogens (tertiary/aromatic N) is 1. The van der Waals surface area contributed by atoms with Crippen LogP contribution in [0, 0.1) is 0 Å². The summed E-state index contributed by atoms with van der Waals surface area (Å²) in [6.45, 7) is 0.201. The molecule has 0 spiro atoms. The van der Waals surface area contributed by atoms with Gasteiger partial charge in [0.2, 0.25) is 0 Å². The standard InChI is InChI=1S/C12H10BrCl2NO2S2/c1-16(7-8-4-9(14)6-10(15)5-8)20(17,18)12-11(13)2-3-19-12/h2-6H,7H2,1H3. The molecule has 108 valence electrons. The van der Waals surface area contributed by atoms with Crippen LogP contribution in [0.2, 0.25) is 10.0 Å². The van der Waals surface area contributed by atoms with Crippen molar-refractivity contribution >= 4 is 60.5 Å². The number of benzene rings is 1. The smallest absolute Gasteiger partial charge is 0.206 e. The Morgan fingerprint density at radius 1 is 1.25 bits per heavy atom. The molecular formula is C12H10BrCl2NO2S2. The molecule has 1 heterocycles. The molecule has 0 unspecified atom stereocenters. The number of hydrogen-bond donors (Lipinski definition) is 0. The van der Waals surface area contributed by atoms with E-state index >= 15 is 0 Å². The van der Waals surface area contributed by atoms with Crippen molar-refractivity contribution in [3.63, 3.8) is 0 Å². The Kier molecular flexibility index (Phi) is 5.15. The van der Waals surface area contributed by atoms with E-state index in [2.05, 4.69) is 15.9 Å². The minimum Gasteiger partial charge on any atom is -0.206 e. The van der Waals surface area contributed by atoms with Crippen molar-refractivity contribution in [2.45, 2.75) is 10.8 Å². The van der Waals surface area contributed by atoms with Crippen LogP contribution < -0.4 is 0 Å². The van der Waals surface area contributed by atoms with Crippen molar-refractivity contribution in [2.75, 3.05) is 7.05 Å². The van der Waals surface area contributed by atoms with Gasteiger partial charge in [-0.1, -0.05) is 23.2 Å². The van der Waals surface area contributed by atoms with Gasteiger partial charge in [-0.3, -0.25) is 0 Å².